The van der Waals surface area contributed by atoms with Crippen LogP contribution in [0.2, 0.25) is 0 Å². The SMILES string of the molecule is CCCCCCCCC(C1CCCCCC1)(C1CCCCCC1)C(OC(C)C)(OC(C)C)OC(C)C. The molecule has 0 aromatic carbocycles. The normalized spacial score (nSPS) is 19.8. The highest BCUT2D eigenvalue weighted by Gasteiger charge is 2.63. The molecule has 0 radical (unpaired) electrons. The lowest BCUT2D eigenvalue weighted by atomic mass is 9.57. The highest BCUT2D eigenvalue weighted by molar-refractivity contribution is 5.01. The fourth-order valence-electron chi connectivity index (χ4n) is 7.52. The van der Waals surface area contributed by atoms with E-state index in [-0.39, 0.29) is 23.7 Å². The summed E-state index contributed by atoms with van der Waals surface area (Å²) in [6.07, 6.45) is 25.4. The summed E-state index contributed by atoms with van der Waals surface area (Å²) in [4.78, 5) is 0. The second kappa shape index (κ2) is 16.8. The van der Waals surface area contributed by atoms with Gasteiger partial charge in [0.25, 0.3) is 5.97 Å². The minimum absolute atomic E-state index is 0.0583. The van der Waals surface area contributed by atoms with E-state index in [1.54, 1.807) is 0 Å². The van der Waals surface area contributed by atoms with Crippen molar-refractivity contribution >= 4 is 0 Å². The Balaban J connectivity index is 2.63. The smallest absolute Gasteiger partial charge is 0.290 e. The lowest BCUT2D eigenvalue weighted by Gasteiger charge is -2.58. The average Bonchev–Trinajstić information content (AvgIpc) is 3.23. The van der Waals surface area contributed by atoms with Crippen molar-refractivity contribution < 1.29 is 14.2 Å². The molecule has 0 aromatic heterocycles. The Bertz CT molecular complexity index is 493. The molecule has 0 spiro atoms. The molecule has 3 nitrogen and oxygen atoms in total. The molecule has 2 rings (SSSR count). The van der Waals surface area contributed by atoms with Gasteiger partial charge in [-0.15, -0.1) is 0 Å². The van der Waals surface area contributed by atoms with E-state index in [1.165, 1.54) is 122 Å². The first-order valence-electron chi connectivity index (χ1n) is 16.3. The van der Waals surface area contributed by atoms with Crippen LogP contribution in [0.4, 0.5) is 0 Å². The zero-order valence-corrected chi connectivity index (χ0v) is 25.5. The van der Waals surface area contributed by atoms with Crippen LogP contribution in [-0.2, 0) is 14.2 Å². The molecule has 0 aliphatic heterocycles. The number of ether oxygens (including phenoxy) is 3. The van der Waals surface area contributed by atoms with Crippen LogP contribution in [0, 0.1) is 17.3 Å². The molecule has 2 fully saturated rings. The van der Waals surface area contributed by atoms with Gasteiger partial charge in [-0.1, -0.05) is 96.8 Å². The van der Waals surface area contributed by atoms with E-state index in [0.29, 0.717) is 11.8 Å². The second-order valence-corrected chi connectivity index (χ2v) is 13.0. The van der Waals surface area contributed by atoms with Crippen molar-refractivity contribution in [3.05, 3.63) is 0 Å². The molecule has 36 heavy (non-hydrogen) atoms. The third-order valence-corrected chi connectivity index (χ3v) is 8.85. The summed E-state index contributed by atoms with van der Waals surface area (Å²) in [5.74, 6) is 0.238. The van der Waals surface area contributed by atoms with Gasteiger partial charge >= 0.3 is 0 Å². The monoisotopic (exact) mass is 508 g/mol. The van der Waals surface area contributed by atoms with E-state index in [1.807, 2.05) is 0 Å². The van der Waals surface area contributed by atoms with E-state index in [9.17, 15) is 0 Å². The maximum Gasteiger partial charge on any atom is 0.290 e. The number of rotatable bonds is 16. The van der Waals surface area contributed by atoms with Gasteiger partial charge in [0.15, 0.2) is 0 Å². The van der Waals surface area contributed by atoms with Crippen molar-refractivity contribution in [3.8, 4) is 0 Å². The predicted molar refractivity (Wildman–Crippen MR) is 154 cm³/mol. The molecule has 0 amide bonds. The zero-order valence-electron chi connectivity index (χ0n) is 25.5. The van der Waals surface area contributed by atoms with Gasteiger partial charge in [0.2, 0.25) is 0 Å². The van der Waals surface area contributed by atoms with Gasteiger partial charge in [-0.3, -0.25) is 0 Å². The Morgan fingerprint density at radius 1 is 0.528 bits per heavy atom. The standard InChI is InChI=1S/C33H64O3/c1-8-9-10-11-16-21-26-32(30-22-17-12-13-18-23-30,31-24-19-14-15-20-25-31)33(34-27(2)3,35-28(4)5)36-29(6)7/h27-31H,8-26H2,1-7H3. The van der Waals surface area contributed by atoms with Gasteiger partial charge in [-0.05, 0) is 85.5 Å². The van der Waals surface area contributed by atoms with E-state index in [0.717, 1.165) is 0 Å². The van der Waals surface area contributed by atoms with Gasteiger partial charge in [0.1, 0.15) is 0 Å². The van der Waals surface area contributed by atoms with Gasteiger partial charge in [0, 0.05) is 0 Å². The molecule has 0 saturated heterocycles. The molecule has 0 atom stereocenters. The van der Waals surface area contributed by atoms with Crippen molar-refractivity contribution in [2.75, 3.05) is 0 Å². The summed E-state index contributed by atoms with van der Waals surface area (Å²) in [5.41, 5.74) is -0.0920. The zero-order chi connectivity index (χ0) is 26.4. The maximum atomic E-state index is 7.06. The minimum atomic E-state index is -0.975. The van der Waals surface area contributed by atoms with Crippen LogP contribution in [0.15, 0.2) is 0 Å². The molecule has 2 saturated carbocycles. The molecule has 0 aromatic rings. The van der Waals surface area contributed by atoms with E-state index in [2.05, 4.69) is 48.5 Å². The molecule has 3 heteroatoms. The van der Waals surface area contributed by atoms with Crippen molar-refractivity contribution in [2.24, 2.45) is 17.3 Å². The van der Waals surface area contributed by atoms with E-state index in [4.69, 9.17) is 14.2 Å². The molecule has 2 aliphatic carbocycles. The topological polar surface area (TPSA) is 27.7 Å². The van der Waals surface area contributed by atoms with Crippen LogP contribution in [0.3, 0.4) is 0 Å². The van der Waals surface area contributed by atoms with Crippen LogP contribution in [0.25, 0.3) is 0 Å². The number of hydrogen-bond acceptors (Lipinski definition) is 3. The third-order valence-electron chi connectivity index (χ3n) is 8.85. The van der Waals surface area contributed by atoms with Crippen LogP contribution in [-0.4, -0.2) is 24.3 Å². The Kier molecular flexibility index (Phi) is 14.9. The van der Waals surface area contributed by atoms with Crippen molar-refractivity contribution in [2.45, 2.75) is 195 Å². The van der Waals surface area contributed by atoms with Crippen molar-refractivity contribution in [1.82, 2.24) is 0 Å². The van der Waals surface area contributed by atoms with Crippen molar-refractivity contribution in [3.63, 3.8) is 0 Å². The van der Waals surface area contributed by atoms with Crippen LogP contribution >= 0.6 is 0 Å². The quantitative estimate of drug-likeness (QED) is 0.118. The van der Waals surface area contributed by atoms with Crippen molar-refractivity contribution in [1.29, 1.82) is 0 Å². The third kappa shape index (κ3) is 9.26. The molecule has 0 unspecified atom stereocenters. The molecular weight excluding hydrogens is 444 g/mol. The molecular formula is C33H64O3. The fourth-order valence-corrected chi connectivity index (χ4v) is 7.52. The first-order chi connectivity index (χ1) is 17.3. The lowest BCUT2D eigenvalue weighted by molar-refractivity contribution is -0.473. The van der Waals surface area contributed by atoms with E-state index >= 15 is 0 Å². The Morgan fingerprint density at radius 2 is 0.889 bits per heavy atom. The van der Waals surface area contributed by atoms with Gasteiger partial charge in [-0.2, -0.15) is 0 Å². The van der Waals surface area contributed by atoms with Gasteiger partial charge in [-0.25, -0.2) is 0 Å². The van der Waals surface area contributed by atoms with Gasteiger partial charge < -0.3 is 14.2 Å². The van der Waals surface area contributed by atoms with Crippen LogP contribution < -0.4 is 0 Å². The molecule has 2 aliphatic rings. The summed E-state index contributed by atoms with van der Waals surface area (Å²) in [6.45, 7) is 15.4. The minimum Gasteiger partial charge on any atom is -0.324 e. The highest BCUT2D eigenvalue weighted by atomic mass is 16.9. The molecule has 0 bridgehead atoms. The first kappa shape index (κ1) is 32.1. The molecule has 0 heterocycles. The summed E-state index contributed by atoms with van der Waals surface area (Å²) >= 11 is 0. The van der Waals surface area contributed by atoms with Crippen LogP contribution in [0.5, 0.6) is 0 Å². The molecule has 214 valence electrons. The maximum absolute atomic E-state index is 7.06. The first-order valence-corrected chi connectivity index (χ1v) is 16.3. The average molecular weight is 509 g/mol. The number of unbranched alkanes of at least 4 members (excludes halogenated alkanes) is 5. The van der Waals surface area contributed by atoms with Crippen LogP contribution in [0.1, 0.15) is 170 Å². The largest absolute Gasteiger partial charge is 0.324 e. The predicted octanol–water partition coefficient (Wildman–Crippen LogP) is 10.6. The summed E-state index contributed by atoms with van der Waals surface area (Å²) in [6, 6.07) is 0. The Hall–Kier alpha value is -0.120. The summed E-state index contributed by atoms with van der Waals surface area (Å²) < 4.78 is 21.2. The Morgan fingerprint density at radius 3 is 1.25 bits per heavy atom. The lowest BCUT2D eigenvalue weighted by Crippen LogP contribution is -2.63. The molecule has 0 N–H and O–H groups in total. The highest BCUT2D eigenvalue weighted by Crippen LogP contribution is 2.60. The Labute approximate surface area is 226 Å². The summed E-state index contributed by atoms with van der Waals surface area (Å²) in [7, 11) is 0. The second-order valence-electron chi connectivity index (χ2n) is 13.0. The number of hydrogen-bond donors (Lipinski definition) is 0. The fraction of sp³-hybridized carbons (Fsp3) is 1.00. The summed E-state index contributed by atoms with van der Waals surface area (Å²) in [5, 5.41) is 0. The van der Waals surface area contributed by atoms with Gasteiger partial charge in [0.05, 0.1) is 23.7 Å². The van der Waals surface area contributed by atoms with E-state index < -0.39 is 5.97 Å².